The third kappa shape index (κ3) is 7.60. The number of rotatable bonds is 10. The van der Waals surface area contributed by atoms with E-state index in [9.17, 15) is 19.6 Å². The fraction of sp³-hybridized carbons (Fsp3) is 0.304. The minimum atomic E-state index is -0.846. The number of hydrogen-bond donors (Lipinski definition) is 4. The molecular weight excluding hydrogens is 759 g/mol. The molecule has 8 rings (SSSR count). The van der Waals surface area contributed by atoms with Crippen LogP contribution in [0.5, 0.6) is 0 Å². The molecule has 4 heterocycles. The highest BCUT2D eigenvalue weighted by molar-refractivity contribution is 6.05. The van der Waals surface area contributed by atoms with Gasteiger partial charge in [-0.1, -0.05) is 73.7 Å². The number of alkyl carbamates (subject to hydrolysis) is 1. The average Bonchev–Trinajstić information content (AvgIpc) is 4.06. The summed E-state index contributed by atoms with van der Waals surface area (Å²) in [5.41, 5.74) is 14.5. The number of carbonyl (C=O) groups excluding carboxylic acids is 3. The Hall–Kier alpha value is -6.82. The molecule has 1 fully saturated rings. The fourth-order valence-electron chi connectivity index (χ4n) is 8.28. The van der Waals surface area contributed by atoms with Crippen LogP contribution in [0.2, 0.25) is 0 Å². The number of imidazole rings is 2. The van der Waals surface area contributed by atoms with E-state index in [1.165, 1.54) is 14.2 Å². The van der Waals surface area contributed by atoms with Crippen molar-refractivity contribution in [3.05, 3.63) is 108 Å². The molecule has 1 saturated heterocycles. The van der Waals surface area contributed by atoms with Crippen molar-refractivity contribution in [2.75, 3.05) is 25.7 Å². The summed E-state index contributed by atoms with van der Waals surface area (Å²) in [7, 11) is 2.80. The van der Waals surface area contributed by atoms with Gasteiger partial charge in [-0.05, 0) is 83.3 Å². The maximum absolute atomic E-state index is 14.1. The maximum atomic E-state index is 14.1. The molecular formula is C46H47N9O5. The first-order chi connectivity index (χ1) is 29.1. The summed E-state index contributed by atoms with van der Waals surface area (Å²) in [6, 6.07) is 27.1. The third-order valence-electron chi connectivity index (χ3n) is 11.8. The number of para-hydroxylation sites is 1. The van der Waals surface area contributed by atoms with Crippen LogP contribution < -0.4 is 16.0 Å². The Morgan fingerprint density at radius 2 is 1.63 bits per heavy atom. The maximum Gasteiger partial charge on any atom is 0.407 e. The van der Waals surface area contributed by atoms with Crippen LogP contribution in [0.15, 0.2) is 91.3 Å². The number of aryl methyl sites for hydroxylation is 2. The van der Waals surface area contributed by atoms with Crippen molar-refractivity contribution in [2.24, 2.45) is 11.7 Å². The van der Waals surface area contributed by atoms with Crippen LogP contribution in [0.4, 0.5) is 16.4 Å². The number of benzene rings is 4. The molecule has 5 N–H and O–H groups in total. The number of methoxy groups -OCH3 is 2. The molecule has 306 valence electrons. The van der Waals surface area contributed by atoms with Gasteiger partial charge in [-0.3, -0.25) is 9.59 Å². The summed E-state index contributed by atoms with van der Waals surface area (Å²) in [5, 5.41) is 14.5. The lowest BCUT2D eigenvalue weighted by Crippen LogP contribution is -2.49. The van der Waals surface area contributed by atoms with Crippen molar-refractivity contribution >= 4 is 40.3 Å². The van der Waals surface area contributed by atoms with Gasteiger partial charge in [-0.25, -0.2) is 19.7 Å². The molecule has 0 bridgehead atoms. The molecule has 14 nitrogen and oxygen atoms in total. The number of likely N-dealkylation sites (tertiary alicyclic amines) is 1. The van der Waals surface area contributed by atoms with Gasteiger partial charge in [-0.2, -0.15) is 5.26 Å². The highest BCUT2D eigenvalue weighted by Gasteiger charge is 2.41. The molecule has 0 spiro atoms. The number of nitriles is 1. The zero-order chi connectivity index (χ0) is 42.1. The van der Waals surface area contributed by atoms with Crippen molar-refractivity contribution in [2.45, 2.75) is 63.8 Å². The minimum absolute atomic E-state index is 0.264. The van der Waals surface area contributed by atoms with E-state index < -0.39 is 30.3 Å². The van der Waals surface area contributed by atoms with E-state index >= 15 is 0 Å². The Morgan fingerprint density at radius 3 is 2.35 bits per heavy atom. The van der Waals surface area contributed by atoms with E-state index in [0.29, 0.717) is 37.6 Å². The number of carbonyl (C=O) groups is 3. The Morgan fingerprint density at radius 1 is 0.950 bits per heavy atom. The second-order valence-electron chi connectivity index (χ2n) is 15.4. The number of nitrogens with zero attached hydrogens (tertiary/aromatic N) is 5. The summed E-state index contributed by atoms with van der Waals surface area (Å²) in [6.45, 7) is 4.10. The number of anilines is 2. The first-order valence-corrected chi connectivity index (χ1v) is 20.1. The van der Waals surface area contributed by atoms with Crippen LogP contribution in [0.25, 0.3) is 44.4 Å². The minimum Gasteiger partial charge on any atom is -0.453 e. The molecule has 5 atom stereocenters. The Labute approximate surface area is 347 Å². The second-order valence-corrected chi connectivity index (χ2v) is 15.4. The van der Waals surface area contributed by atoms with Crippen LogP contribution >= 0.6 is 0 Å². The number of ether oxygens (including phenoxy) is 2. The molecule has 60 heavy (non-hydrogen) atoms. The van der Waals surface area contributed by atoms with Gasteiger partial charge >= 0.3 is 6.09 Å². The van der Waals surface area contributed by atoms with Gasteiger partial charge in [0.15, 0.2) is 0 Å². The van der Waals surface area contributed by atoms with Crippen molar-refractivity contribution in [1.29, 1.82) is 5.26 Å². The standard InChI is InChI=1S/C46H47N9O5/c1-5-28-7-6-8-31-17-18-36(53-46(58)60-4)43(56)55(41(28)31)45-50-24-37(52-45)30-11-9-29(10-12-30)32-13-14-34-21-35(16-15-33(34)20-32)38-23-49-42(51-38)39-19-27(22-47)25-54(39)44(57)40(48)26(2)59-3/h6-16,20-21,23-24,26-27,36,39-40H,5,17-19,25,48H2,1-4H3,(H,49,51)(H,50,52)(H,53,58). The Bertz CT molecular complexity index is 2610. The number of aromatic amines is 2. The van der Waals surface area contributed by atoms with Crippen molar-refractivity contribution < 1.29 is 23.9 Å². The van der Waals surface area contributed by atoms with Crippen LogP contribution in [-0.2, 0) is 31.9 Å². The lowest BCUT2D eigenvalue weighted by atomic mass is 9.98. The van der Waals surface area contributed by atoms with Crippen LogP contribution in [-0.4, -0.2) is 81.7 Å². The molecule has 14 heteroatoms. The SMILES string of the molecule is CCc1cccc2c1N(c1ncc(-c3ccc(-c4ccc5cc(-c6cnc(C7CC(C#N)CN7C(=O)C(N)C(C)OC)[nH]6)ccc5c4)cc3)[nH]1)C(=O)C(NC(=O)OC)CC2. The monoisotopic (exact) mass is 805 g/mol. The molecule has 0 radical (unpaired) electrons. The predicted octanol–water partition coefficient (Wildman–Crippen LogP) is 6.96. The van der Waals surface area contributed by atoms with Gasteiger partial charge in [0.05, 0.1) is 60.7 Å². The quantitative estimate of drug-likeness (QED) is 0.113. The molecule has 2 aliphatic rings. The van der Waals surface area contributed by atoms with Crippen molar-refractivity contribution in [3.63, 3.8) is 0 Å². The fourth-order valence-corrected chi connectivity index (χ4v) is 8.28. The second kappa shape index (κ2) is 16.8. The third-order valence-corrected chi connectivity index (χ3v) is 11.8. The summed E-state index contributed by atoms with van der Waals surface area (Å²) < 4.78 is 10.1. The van der Waals surface area contributed by atoms with Crippen LogP contribution in [0.3, 0.4) is 0 Å². The largest absolute Gasteiger partial charge is 0.453 e. The number of hydrogen-bond acceptors (Lipinski definition) is 9. The van der Waals surface area contributed by atoms with E-state index in [4.69, 9.17) is 15.2 Å². The van der Waals surface area contributed by atoms with E-state index in [1.54, 1.807) is 29.1 Å². The normalized spacial score (nSPS) is 18.7. The molecule has 4 aromatic carbocycles. The van der Waals surface area contributed by atoms with Gasteiger partial charge in [0.2, 0.25) is 11.9 Å². The van der Waals surface area contributed by atoms with E-state index in [2.05, 4.69) is 80.7 Å². The van der Waals surface area contributed by atoms with E-state index in [1.807, 2.05) is 36.4 Å². The number of fused-ring (bicyclic) bond motifs is 2. The molecule has 0 aliphatic carbocycles. The molecule has 5 unspecified atom stereocenters. The molecule has 2 aliphatic heterocycles. The topological polar surface area (TPSA) is 195 Å². The molecule has 3 amide bonds. The van der Waals surface area contributed by atoms with Gasteiger partial charge in [0, 0.05) is 19.2 Å². The number of amides is 3. The summed E-state index contributed by atoms with van der Waals surface area (Å²) >= 11 is 0. The number of aromatic nitrogens is 4. The molecule has 6 aromatic rings. The van der Waals surface area contributed by atoms with Crippen LogP contribution in [0, 0.1) is 17.2 Å². The highest BCUT2D eigenvalue weighted by atomic mass is 16.5. The predicted molar refractivity (Wildman–Crippen MR) is 228 cm³/mol. The first-order valence-electron chi connectivity index (χ1n) is 20.1. The summed E-state index contributed by atoms with van der Waals surface area (Å²) in [5.74, 6) is 0.128. The number of H-pyrrole nitrogens is 2. The zero-order valence-corrected chi connectivity index (χ0v) is 33.9. The van der Waals surface area contributed by atoms with Gasteiger partial charge in [0.1, 0.15) is 17.9 Å². The average molecular weight is 806 g/mol. The zero-order valence-electron chi connectivity index (χ0n) is 33.9. The Balaban J connectivity index is 1.00. The molecule has 2 aromatic heterocycles. The molecule has 0 saturated carbocycles. The van der Waals surface area contributed by atoms with Crippen molar-refractivity contribution in [3.8, 4) is 39.7 Å². The first kappa shape index (κ1) is 40.0. The lowest BCUT2D eigenvalue weighted by molar-refractivity contribution is -0.136. The van der Waals surface area contributed by atoms with Crippen molar-refractivity contribution in [1.82, 2.24) is 30.2 Å². The van der Waals surface area contributed by atoms with E-state index in [-0.39, 0.29) is 17.7 Å². The van der Waals surface area contributed by atoms with Gasteiger partial charge in [0.25, 0.3) is 5.91 Å². The highest BCUT2D eigenvalue weighted by Crippen LogP contribution is 2.38. The lowest BCUT2D eigenvalue weighted by Gasteiger charge is -2.28. The summed E-state index contributed by atoms with van der Waals surface area (Å²) in [6.07, 6.45) is 4.60. The summed E-state index contributed by atoms with van der Waals surface area (Å²) in [4.78, 5) is 59.0. The van der Waals surface area contributed by atoms with Gasteiger partial charge < -0.3 is 35.4 Å². The number of nitrogens with one attached hydrogen (secondary N) is 3. The number of nitrogens with two attached hydrogens (primary N) is 1. The van der Waals surface area contributed by atoms with Crippen LogP contribution in [0.1, 0.15) is 49.7 Å². The van der Waals surface area contributed by atoms with E-state index in [0.717, 1.165) is 67.6 Å². The smallest absolute Gasteiger partial charge is 0.407 e. The Kier molecular flexibility index (Phi) is 11.2. The van der Waals surface area contributed by atoms with Gasteiger partial charge in [-0.15, -0.1) is 0 Å².